The number of ketones is 1. The standard InChI is InChI=1S/C13H15BrO3/c14-6-5-12(16)13(17)9-2-1-8-3-4-11(15)10(8)7-9/h1-2,7,12-13,16-17H,3-6H2. The quantitative estimate of drug-likeness (QED) is 0.836. The van der Waals surface area contributed by atoms with Gasteiger partial charge in [0.25, 0.3) is 0 Å². The van der Waals surface area contributed by atoms with Gasteiger partial charge in [-0.25, -0.2) is 0 Å². The van der Waals surface area contributed by atoms with Gasteiger partial charge in [-0.1, -0.05) is 28.1 Å². The van der Waals surface area contributed by atoms with Crippen molar-refractivity contribution in [1.82, 2.24) is 0 Å². The van der Waals surface area contributed by atoms with Gasteiger partial charge >= 0.3 is 0 Å². The maximum atomic E-state index is 11.6. The van der Waals surface area contributed by atoms with Crippen molar-refractivity contribution in [1.29, 1.82) is 0 Å². The molecule has 0 amide bonds. The monoisotopic (exact) mass is 298 g/mol. The molecule has 0 saturated heterocycles. The summed E-state index contributed by atoms with van der Waals surface area (Å²) in [6.45, 7) is 0. The van der Waals surface area contributed by atoms with Gasteiger partial charge in [0.15, 0.2) is 5.78 Å². The largest absolute Gasteiger partial charge is 0.390 e. The molecule has 2 unspecified atom stereocenters. The molecule has 0 fully saturated rings. The Bertz CT molecular complexity index is 431. The number of aryl methyl sites for hydroxylation is 1. The first kappa shape index (κ1) is 12.7. The zero-order valence-corrected chi connectivity index (χ0v) is 11.0. The van der Waals surface area contributed by atoms with Crippen molar-refractivity contribution >= 4 is 21.7 Å². The Labute approximate surface area is 109 Å². The highest BCUT2D eigenvalue weighted by Crippen LogP contribution is 2.27. The fourth-order valence-electron chi connectivity index (χ4n) is 2.13. The van der Waals surface area contributed by atoms with Crippen LogP contribution < -0.4 is 0 Å². The predicted octanol–water partition coefficient (Wildman–Crippen LogP) is 1.99. The summed E-state index contributed by atoms with van der Waals surface area (Å²) < 4.78 is 0. The Balaban J connectivity index is 2.22. The Morgan fingerprint density at radius 2 is 2.06 bits per heavy atom. The van der Waals surface area contributed by atoms with Gasteiger partial charge in [0.1, 0.15) is 6.10 Å². The lowest BCUT2D eigenvalue weighted by molar-refractivity contribution is 0.0173. The smallest absolute Gasteiger partial charge is 0.163 e. The molecule has 0 radical (unpaired) electrons. The van der Waals surface area contributed by atoms with E-state index in [1.807, 2.05) is 6.07 Å². The number of aliphatic hydroxyl groups is 2. The van der Waals surface area contributed by atoms with Crippen LogP contribution in [-0.2, 0) is 6.42 Å². The Morgan fingerprint density at radius 3 is 2.76 bits per heavy atom. The zero-order chi connectivity index (χ0) is 12.4. The highest BCUT2D eigenvalue weighted by atomic mass is 79.9. The lowest BCUT2D eigenvalue weighted by atomic mass is 9.98. The van der Waals surface area contributed by atoms with E-state index in [1.165, 1.54) is 0 Å². The Kier molecular flexibility index (Phi) is 3.97. The van der Waals surface area contributed by atoms with Gasteiger partial charge in [-0.15, -0.1) is 0 Å². The lowest BCUT2D eigenvalue weighted by Gasteiger charge is -2.17. The summed E-state index contributed by atoms with van der Waals surface area (Å²) in [5, 5.41) is 20.3. The van der Waals surface area contributed by atoms with Gasteiger partial charge in [-0.3, -0.25) is 4.79 Å². The maximum absolute atomic E-state index is 11.6. The van der Waals surface area contributed by atoms with Crippen LogP contribution in [0.25, 0.3) is 0 Å². The number of alkyl halides is 1. The second kappa shape index (κ2) is 5.29. The van der Waals surface area contributed by atoms with Crippen LogP contribution in [0.1, 0.15) is 40.4 Å². The van der Waals surface area contributed by atoms with Crippen LogP contribution in [0.5, 0.6) is 0 Å². The molecule has 0 spiro atoms. The second-order valence-electron chi connectivity index (χ2n) is 4.33. The average Bonchev–Trinajstić information content (AvgIpc) is 2.70. The van der Waals surface area contributed by atoms with Crippen molar-refractivity contribution in [3.8, 4) is 0 Å². The predicted molar refractivity (Wildman–Crippen MR) is 68.5 cm³/mol. The fourth-order valence-corrected chi connectivity index (χ4v) is 2.60. The van der Waals surface area contributed by atoms with Crippen molar-refractivity contribution < 1.29 is 15.0 Å². The molecular formula is C13H15BrO3. The highest BCUT2D eigenvalue weighted by molar-refractivity contribution is 9.09. The first-order chi connectivity index (χ1) is 8.13. The summed E-state index contributed by atoms with van der Waals surface area (Å²) in [6.07, 6.45) is 0.0923. The minimum Gasteiger partial charge on any atom is -0.390 e. The number of hydrogen-bond donors (Lipinski definition) is 2. The van der Waals surface area contributed by atoms with Crippen molar-refractivity contribution in [3.05, 3.63) is 34.9 Å². The van der Waals surface area contributed by atoms with Crippen LogP contribution in [0.2, 0.25) is 0 Å². The van der Waals surface area contributed by atoms with E-state index in [9.17, 15) is 15.0 Å². The third-order valence-corrected chi connectivity index (χ3v) is 3.62. The summed E-state index contributed by atoms with van der Waals surface area (Å²) >= 11 is 3.22. The molecule has 1 aromatic carbocycles. The molecule has 2 atom stereocenters. The molecule has 0 aromatic heterocycles. The highest BCUT2D eigenvalue weighted by Gasteiger charge is 2.23. The molecule has 92 valence electrons. The van der Waals surface area contributed by atoms with E-state index >= 15 is 0 Å². The Hall–Kier alpha value is -0.710. The summed E-state index contributed by atoms with van der Waals surface area (Å²) in [7, 11) is 0. The van der Waals surface area contributed by atoms with Crippen molar-refractivity contribution in [2.24, 2.45) is 0 Å². The summed E-state index contributed by atoms with van der Waals surface area (Å²) in [5.41, 5.74) is 2.36. The van der Waals surface area contributed by atoms with Gasteiger partial charge in [0.05, 0.1) is 6.10 Å². The number of benzene rings is 1. The van der Waals surface area contributed by atoms with Crippen LogP contribution in [0.15, 0.2) is 18.2 Å². The summed E-state index contributed by atoms with van der Waals surface area (Å²) in [6, 6.07) is 5.38. The van der Waals surface area contributed by atoms with E-state index in [4.69, 9.17) is 0 Å². The van der Waals surface area contributed by atoms with E-state index < -0.39 is 12.2 Å². The fraction of sp³-hybridized carbons (Fsp3) is 0.462. The third-order valence-electron chi connectivity index (χ3n) is 3.17. The minimum atomic E-state index is -0.925. The van der Waals surface area contributed by atoms with Crippen LogP contribution in [0, 0.1) is 0 Å². The number of halogens is 1. The van der Waals surface area contributed by atoms with Gasteiger partial charge < -0.3 is 10.2 Å². The molecule has 3 nitrogen and oxygen atoms in total. The van der Waals surface area contributed by atoms with Gasteiger partial charge in [0, 0.05) is 17.3 Å². The van der Waals surface area contributed by atoms with Crippen molar-refractivity contribution in [2.75, 3.05) is 5.33 Å². The molecule has 0 aliphatic heterocycles. The number of carbonyl (C=O) groups is 1. The van der Waals surface area contributed by atoms with Crippen LogP contribution >= 0.6 is 15.9 Å². The zero-order valence-electron chi connectivity index (χ0n) is 9.40. The van der Waals surface area contributed by atoms with Gasteiger partial charge in [-0.2, -0.15) is 0 Å². The average molecular weight is 299 g/mol. The molecule has 0 heterocycles. The molecule has 4 heteroatoms. The number of carbonyl (C=O) groups excluding carboxylic acids is 1. The van der Waals surface area contributed by atoms with E-state index in [0.29, 0.717) is 29.3 Å². The minimum absolute atomic E-state index is 0.129. The maximum Gasteiger partial charge on any atom is 0.163 e. The Morgan fingerprint density at radius 1 is 1.29 bits per heavy atom. The van der Waals surface area contributed by atoms with E-state index in [1.54, 1.807) is 12.1 Å². The molecule has 1 aromatic rings. The molecule has 0 bridgehead atoms. The number of Topliss-reactive ketones (excluding diaryl/α,β-unsaturated/α-hetero) is 1. The van der Waals surface area contributed by atoms with Crippen LogP contribution in [0.3, 0.4) is 0 Å². The first-order valence-corrected chi connectivity index (χ1v) is 6.83. The number of fused-ring (bicyclic) bond motifs is 1. The normalized spacial score (nSPS) is 17.9. The van der Waals surface area contributed by atoms with Crippen LogP contribution in [-0.4, -0.2) is 27.4 Å². The number of aliphatic hydroxyl groups excluding tert-OH is 2. The topological polar surface area (TPSA) is 57.5 Å². The molecule has 0 saturated carbocycles. The molecule has 1 aliphatic rings. The summed E-state index contributed by atoms with van der Waals surface area (Å²) in [5.74, 6) is 0.129. The number of rotatable bonds is 4. The SMILES string of the molecule is O=C1CCc2ccc(C(O)C(O)CCBr)cc21. The molecular weight excluding hydrogens is 284 g/mol. The van der Waals surface area contributed by atoms with E-state index in [0.717, 1.165) is 12.0 Å². The third kappa shape index (κ3) is 2.59. The molecule has 1 aliphatic carbocycles. The number of hydrogen-bond acceptors (Lipinski definition) is 3. The molecule has 17 heavy (non-hydrogen) atoms. The van der Waals surface area contributed by atoms with E-state index in [-0.39, 0.29) is 5.78 Å². The first-order valence-electron chi connectivity index (χ1n) is 5.71. The summed E-state index contributed by atoms with van der Waals surface area (Å²) in [4.78, 5) is 11.6. The van der Waals surface area contributed by atoms with Crippen LogP contribution in [0.4, 0.5) is 0 Å². The van der Waals surface area contributed by atoms with Crippen molar-refractivity contribution in [2.45, 2.75) is 31.5 Å². The molecule has 2 rings (SSSR count). The molecule has 2 N–H and O–H groups in total. The lowest BCUT2D eigenvalue weighted by Crippen LogP contribution is -2.18. The van der Waals surface area contributed by atoms with E-state index in [2.05, 4.69) is 15.9 Å². The van der Waals surface area contributed by atoms with Gasteiger partial charge in [-0.05, 0) is 30.0 Å². The van der Waals surface area contributed by atoms with Gasteiger partial charge in [0.2, 0.25) is 0 Å². The van der Waals surface area contributed by atoms with Crippen molar-refractivity contribution in [3.63, 3.8) is 0 Å². The second-order valence-corrected chi connectivity index (χ2v) is 5.12.